The van der Waals surface area contributed by atoms with Crippen LogP contribution in [0.15, 0.2) is 46.3 Å². The molecule has 0 aliphatic carbocycles. The van der Waals surface area contributed by atoms with Crippen LogP contribution in [0.1, 0.15) is 16.4 Å². The van der Waals surface area contributed by atoms with E-state index in [2.05, 4.69) is 63.3 Å². The summed E-state index contributed by atoms with van der Waals surface area (Å²) in [5.41, 5.74) is 7.68. The van der Waals surface area contributed by atoms with Crippen molar-refractivity contribution in [3.63, 3.8) is 0 Å². The molecule has 1 aromatic heterocycles. The Hall–Kier alpha value is -0.680. The Morgan fingerprint density at radius 2 is 1.95 bits per heavy atom. The number of hydrogen-bond acceptors (Lipinski definition) is 3. The molecule has 1 fully saturated rings. The first kappa shape index (κ1) is 13.3. The number of nitrogens with two attached hydrogens (primary N) is 1. The van der Waals surface area contributed by atoms with E-state index in [1.54, 1.807) is 0 Å². The third-order valence-corrected chi connectivity index (χ3v) is 5.29. The van der Waals surface area contributed by atoms with Crippen molar-refractivity contribution >= 4 is 27.3 Å². The molecule has 2 N–H and O–H groups in total. The van der Waals surface area contributed by atoms with Gasteiger partial charge in [0.05, 0.1) is 3.79 Å². The van der Waals surface area contributed by atoms with Crippen molar-refractivity contribution in [1.29, 1.82) is 0 Å². The van der Waals surface area contributed by atoms with Gasteiger partial charge in [0.25, 0.3) is 0 Å². The molecular weight excluding hydrogens is 320 g/mol. The number of thiophene rings is 1. The average molecular weight is 337 g/mol. The summed E-state index contributed by atoms with van der Waals surface area (Å²) >= 11 is 5.32. The van der Waals surface area contributed by atoms with Crippen LogP contribution < -0.4 is 5.73 Å². The van der Waals surface area contributed by atoms with Gasteiger partial charge in [-0.25, -0.2) is 0 Å². The van der Waals surface area contributed by atoms with Crippen molar-refractivity contribution in [2.45, 2.75) is 18.5 Å². The molecular formula is C15H17BrN2S. The number of likely N-dealkylation sites (tertiary alicyclic amines) is 1. The van der Waals surface area contributed by atoms with E-state index in [4.69, 9.17) is 5.73 Å². The van der Waals surface area contributed by atoms with Gasteiger partial charge >= 0.3 is 0 Å². The fraction of sp³-hybridized carbons (Fsp3) is 0.333. The van der Waals surface area contributed by atoms with Crippen LogP contribution in [0.2, 0.25) is 0 Å². The van der Waals surface area contributed by atoms with Crippen molar-refractivity contribution in [2.24, 2.45) is 5.73 Å². The topological polar surface area (TPSA) is 29.3 Å². The third kappa shape index (κ3) is 3.08. The summed E-state index contributed by atoms with van der Waals surface area (Å²) in [4.78, 5) is 3.86. The molecule has 100 valence electrons. The van der Waals surface area contributed by atoms with E-state index >= 15 is 0 Å². The van der Waals surface area contributed by atoms with Crippen LogP contribution in [0.25, 0.3) is 0 Å². The highest BCUT2D eigenvalue weighted by molar-refractivity contribution is 9.11. The van der Waals surface area contributed by atoms with Gasteiger partial charge in [-0.15, -0.1) is 11.3 Å². The van der Waals surface area contributed by atoms with E-state index in [-0.39, 0.29) is 6.04 Å². The highest BCUT2D eigenvalue weighted by Crippen LogP contribution is 2.29. The first-order valence-electron chi connectivity index (χ1n) is 6.49. The molecule has 0 spiro atoms. The SMILES string of the molecule is N[C@@H]1CN(Cc2ccc(Br)s2)C[C@H]1c1ccccc1. The number of benzene rings is 1. The van der Waals surface area contributed by atoms with Gasteiger partial charge in [0, 0.05) is 36.5 Å². The molecule has 2 aromatic rings. The minimum Gasteiger partial charge on any atom is -0.326 e. The van der Waals surface area contributed by atoms with Gasteiger partial charge in [0.2, 0.25) is 0 Å². The number of halogens is 1. The van der Waals surface area contributed by atoms with Crippen LogP contribution in [0.3, 0.4) is 0 Å². The van der Waals surface area contributed by atoms with E-state index in [0.717, 1.165) is 19.6 Å². The molecule has 0 bridgehead atoms. The molecule has 2 heterocycles. The van der Waals surface area contributed by atoms with Crippen molar-refractivity contribution in [2.75, 3.05) is 13.1 Å². The van der Waals surface area contributed by atoms with Crippen LogP contribution >= 0.6 is 27.3 Å². The van der Waals surface area contributed by atoms with Crippen molar-refractivity contribution in [3.05, 3.63) is 56.7 Å². The molecule has 19 heavy (non-hydrogen) atoms. The Balaban J connectivity index is 1.68. The van der Waals surface area contributed by atoms with E-state index < -0.39 is 0 Å². The minimum absolute atomic E-state index is 0.241. The van der Waals surface area contributed by atoms with E-state index in [1.807, 2.05) is 11.3 Å². The second kappa shape index (κ2) is 5.75. The molecule has 1 aromatic carbocycles. The lowest BCUT2D eigenvalue weighted by atomic mass is 9.95. The molecule has 1 aliphatic heterocycles. The summed E-state index contributed by atoms with van der Waals surface area (Å²) in [7, 11) is 0. The van der Waals surface area contributed by atoms with Crippen molar-refractivity contribution in [1.82, 2.24) is 4.90 Å². The third-order valence-electron chi connectivity index (χ3n) is 3.68. The lowest BCUT2D eigenvalue weighted by molar-refractivity contribution is 0.327. The average Bonchev–Trinajstić information content (AvgIpc) is 2.97. The van der Waals surface area contributed by atoms with Crippen LogP contribution in [0, 0.1) is 0 Å². The molecule has 0 saturated carbocycles. The Labute approximate surface area is 126 Å². The number of rotatable bonds is 3. The van der Waals surface area contributed by atoms with Crippen LogP contribution in [0.4, 0.5) is 0 Å². The zero-order valence-corrected chi connectivity index (χ0v) is 13.0. The van der Waals surface area contributed by atoms with Gasteiger partial charge in [-0.1, -0.05) is 30.3 Å². The summed E-state index contributed by atoms with van der Waals surface area (Å²) in [5, 5.41) is 0. The normalized spacial score (nSPS) is 23.9. The lowest BCUT2D eigenvalue weighted by Crippen LogP contribution is -2.28. The van der Waals surface area contributed by atoms with Gasteiger partial charge in [-0.2, -0.15) is 0 Å². The molecule has 0 amide bonds. The van der Waals surface area contributed by atoms with Crippen molar-refractivity contribution < 1.29 is 0 Å². The summed E-state index contributed by atoms with van der Waals surface area (Å²) in [5.74, 6) is 0.463. The molecule has 3 rings (SSSR count). The maximum Gasteiger partial charge on any atom is 0.0701 e. The summed E-state index contributed by atoms with van der Waals surface area (Å²) in [6.07, 6.45) is 0. The quantitative estimate of drug-likeness (QED) is 0.930. The summed E-state index contributed by atoms with van der Waals surface area (Å²) in [6.45, 7) is 3.04. The highest BCUT2D eigenvalue weighted by atomic mass is 79.9. The van der Waals surface area contributed by atoms with Crippen molar-refractivity contribution in [3.8, 4) is 0 Å². The smallest absolute Gasteiger partial charge is 0.0701 e. The maximum atomic E-state index is 6.31. The Bertz CT molecular complexity index is 540. The van der Waals surface area contributed by atoms with Crippen LogP contribution in [-0.2, 0) is 6.54 Å². The van der Waals surface area contributed by atoms with Gasteiger partial charge in [-0.3, -0.25) is 4.90 Å². The van der Waals surface area contributed by atoms with Gasteiger partial charge in [0.1, 0.15) is 0 Å². The summed E-state index contributed by atoms with van der Waals surface area (Å²) < 4.78 is 1.20. The fourth-order valence-electron chi connectivity index (χ4n) is 2.75. The number of hydrogen-bond donors (Lipinski definition) is 1. The fourth-order valence-corrected chi connectivity index (χ4v) is 4.28. The second-order valence-electron chi connectivity index (χ2n) is 5.08. The Morgan fingerprint density at radius 3 is 2.63 bits per heavy atom. The predicted molar refractivity (Wildman–Crippen MR) is 84.5 cm³/mol. The molecule has 1 saturated heterocycles. The minimum atomic E-state index is 0.241. The first-order valence-corrected chi connectivity index (χ1v) is 8.10. The second-order valence-corrected chi connectivity index (χ2v) is 7.63. The summed E-state index contributed by atoms with van der Waals surface area (Å²) in [6, 6.07) is 15.2. The lowest BCUT2D eigenvalue weighted by Gasteiger charge is -2.15. The zero-order chi connectivity index (χ0) is 13.2. The van der Waals surface area contributed by atoms with E-state index in [9.17, 15) is 0 Å². The number of nitrogens with zero attached hydrogens (tertiary/aromatic N) is 1. The predicted octanol–water partition coefficient (Wildman–Crippen LogP) is 3.44. The first-order chi connectivity index (χ1) is 9.22. The molecule has 2 atom stereocenters. The Kier molecular flexibility index (Phi) is 4.03. The van der Waals surface area contributed by atoms with Crippen LogP contribution in [0.5, 0.6) is 0 Å². The standard InChI is InChI=1S/C15H17BrN2S/c16-15-7-6-12(19-15)8-18-9-13(14(17)10-18)11-4-2-1-3-5-11/h1-7,13-14H,8-10,17H2/t13-,14+/m0/s1. The largest absolute Gasteiger partial charge is 0.326 e. The zero-order valence-electron chi connectivity index (χ0n) is 10.6. The molecule has 2 nitrogen and oxygen atoms in total. The maximum absolute atomic E-state index is 6.31. The Morgan fingerprint density at radius 1 is 1.16 bits per heavy atom. The molecule has 0 unspecified atom stereocenters. The van der Waals surface area contributed by atoms with E-state index in [1.165, 1.54) is 14.2 Å². The van der Waals surface area contributed by atoms with Crippen LogP contribution in [-0.4, -0.2) is 24.0 Å². The molecule has 1 aliphatic rings. The van der Waals surface area contributed by atoms with Gasteiger partial charge in [-0.05, 0) is 33.6 Å². The van der Waals surface area contributed by atoms with E-state index in [0.29, 0.717) is 5.92 Å². The molecule has 4 heteroatoms. The van der Waals surface area contributed by atoms with Gasteiger partial charge in [0.15, 0.2) is 0 Å². The highest BCUT2D eigenvalue weighted by Gasteiger charge is 2.31. The monoisotopic (exact) mass is 336 g/mol. The molecule has 0 radical (unpaired) electrons. The van der Waals surface area contributed by atoms with Gasteiger partial charge < -0.3 is 5.73 Å².